The summed E-state index contributed by atoms with van der Waals surface area (Å²) in [6.07, 6.45) is 7.85. The van der Waals surface area contributed by atoms with Gasteiger partial charge in [-0.1, -0.05) is 12.8 Å². The first-order chi connectivity index (χ1) is 12.2. The topological polar surface area (TPSA) is 56.2 Å². The van der Waals surface area contributed by atoms with Crippen LogP contribution in [0, 0.1) is 0 Å². The summed E-state index contributed by atoms with van der Waals surface area (Å²) in [5.74, 6) is 0. The zero-order valence-corrected chi connectivity index (χ0v) is 15.7. The molecule has 1 N–H and O–H groups in total. The summed E-state index contributed by atoms with van der Waals surface area (Å²) in [4.78, 5) is 18.6. The molecule has 0 spiro atoms. The summed E-state index contributed by atoms with van der Waals surface area (Å²) >= 11 is 0. The van der Waals surface area contributed by atoms with Crippen LogP contribution < -0.4 is 0 Å². The van der Waals surface area contributed by atoms with E-state index >= 15 is 0 Å². The molecule has 25 heavy (non-hydrogen) atoms. The van der Waals surface area contributed by atoms with Gasteiger partial charge in [0, 0.05) is 38.3 Å². The van der Waals surface area contributed by atoms with Crippen molar-refractivity contribution < 1.29 is 14.6 Å². The lowest BCUT2D eigenvalue weighted by Crippen LogP contribution is -2.58. The summed E-state index contributed by atoms with van der Waals surface area (Å²) in [5.41, 5.74) is 0. The van der Waals surface area contributed by atoms with E-state index in [1.54, 1.807) is 0 Å². The summed E-state index contributed by atoms with van der Waals surface area (Å²) in [7, 11) is 0. The van der Waals surface area contributed by atoms with Crippen LogP contribution in [-0.2, 0) is 4.74 Å². The molecule has 144 valence electrons. The number of ether oxygens (including phenoxy) is 1. The van der Waals surface area contributed by atoms with E-state index < -0.39 is 0 Å². The molecule has 2 atom stereocenters. The zero-order chi connectivity index (χ0) is 17.6. The molecule has 0 aromatic heterocycles. The third kappa shape index (κ3) is 4.86. The molecule has 0 unspecified atom stereocenters. The van der Waals surface area contributed by atoms with Crippen molar-refractivity contribution in [1.29, 1.82) is 0 Å². The highest BCUT2D eigenvalue weighted by molar-refractivity contribution is 5.67. The monoisotopic (exact) mass is 353 g/mol. The third-order valence-corrected chi connectivity index (χ3v) is 6.19. The number of hydrogen-bond acceptors (Lipinski definition) is 5. The number of carbonyl (C=O) groups is 1. The van der Waals surface area contributed by atoms with Gasteiger partial charge in [0.2, 0.25) is 0 Å². The van der Waals surface area contributed by atoms with E-state index in [4.69, 9.17) is 4.74 Å². The zero-order valence-electron chi connectivity index (χ0n) is 15.7. The minimum absolute atomic E-state index is 0.180. The third-order valence-electron chi connectivity index (χ3n) is 6.19. The fourth-order valence-electron chi connectivity index (χ4n) is 4.76. The van der Waals surface area contributed by atoms with Crippen LogP contribution in [0.5, 0.6) is 0 Å². The minimum atomic E-state index is -0.241. The molecule has 3 aliphatic heterocycles. The Morgan fingerprint density at radius 2 is 1.64 bits per heavy atom. The fraction of sp³-hybridized carbons (Fsp3) is 0.947. The first-order valence-corrected chi connectivity index (χ1v) is 10.3. The summed E-state index contributed by atoms with van der Waals surface area (Å²) in [6.45, 7) is 7.99. The number of β-amino-alcohol motifs (C(OH)–C–C–N with tert-alkyl or cyclic N) is 1. The van der Waals surface area contributed by atoms with Crippen molar-refractivity contribution >= 4 is 6.09 Å². The standard InChI is InChI=1S/C19H35N3O3/c1-2-25-19(24)21-12-7-16(8-13-21)22-14-9-17(18(23)15-22)20-10-5-3-4-6-11-20/h16-18,23H,2-15H2,1H3/t17-,18-/m1/s1. The smallest absolute Gasteiger partial charge is 0.409 e. The van der Waals surface area contributed by atoms with Gasteiger partial charge in [-0.15, -0.1) is 0 Å². The Bertz CT molecular complexity index is 418. The average molecular weight is 354 g/mol. The van der Waals surface area contributed by atoms with Crippen molar-refractivity contribution in [2.75, 3.05) is 45.9 Å². The second-order valence-corrected chi connectivity index (χ2v) is 7.79. The maximum atomic E-state index is 11.8. The molecular formula is C19H35N3O3. The highest BCUT2D eigenvalue weighted by atomic mass is 16.6. The fourth-order valence-corrected chi connectivity index (χ4v) is 4.76. The molecule has 6 heteroatoms. The first kappa shape index (κ1) is 18.9. The largest absolute Gasteiger partial charge is 0.450 e. The normalized spacial score (nSPS) is 30.9. The number of aliphatic hydroxyl groups excluding tert-OH is 1. The van der Waals surface area contributed by atoms with Crippen molar-refractivity contribution in [3.63, 3.8) is 0 Å². The van der Waals surface area contributed by atoms with Gasteiger partial charge in [-0.25, -0.2) is 4.79 Å². The molecule has 1 amide bonds. The molecule has 0 radical (unpaired) electrons. The molecule has 0 aliphatic carbocycles. The number of rotatable bonds is 3. The van der Waals surface area contributed by atoms with Gasteiger partial charge in [-0.2, -0.15) is 0 Å². The maximum absolute atomic E-state index is 11.8. The van der Waals surface area contributed by atoms with Gasteiger partial charge in [0.1, 0.15) is 0 Å². The summed E-state index contributed by atoms with van der Waals surface area (Å²) in [5, 5.41) is 10.8. The van der Waals surface area contributed by atoms with Crippen LogP contribution >= 0.6 is 0 Å². The quantitative estimate of drug-likeness (QED) is 0.840. The Kier molecular flexibility index (Phi) is 6.96. The van der Waals surface area contributed by atoms with E-state index in [1.807, 2.05) is 11.8 Å². The summed E-state index contributed by atoms with van der Waals surface area (Å²) in [6, 6.07) is 0.833. The van der Waals surface area contributed by atoms with Crippen molar-refractivity contribution in [3.05, 3.63) is 0 Å². The van der Waals surface area contributed by atoms with Crippen LogP contribution in [0.3, 0.4) is 0 Å². The van der Waals surface area contributed by atoms with Crippen LogP contribution in [0.2, 0.25) is 0 Å². The van der Waals surface area contributed by atoms with Crippen LogP contribution in [-0.4, -0.2) is 90.0 Å². The van der Waals surface area contributed by atoms with Gasteiger partial charge in [0.25, 0.3) is 0 Å². The highest BCUT2D eigenvalue weighted by Gasteiger charge is 2.36. The summed E-state index contributed by atoms with van der Waals surface area (Å²) < 4.78 is 5.10. The van der Waals surface area contributed by atoms with Crippen molar-refractivity contribution in [2.45, 2.75) is 70.1 Å². The Morgan fingerprint density at radius 1 is 0.960 bits per heavy atom. The molecule has 3 aliphatic rings. The van der Waals surface area contributed by atoms with Crippen molar-refractivity contribution in [2.24, 2.45) is 0 Å². The lowest BCUT2D eigenvalue weighted by Gasteiger charge is -2.46. The van der Waals surface area contributed by atoms with E-state index in [0.29, 0.717) is 18.7 Å². The first-order valence-electron chi connectivity index (χ1n) is 10.3. The number of likely N-dealkylation sites (tertiary alicyclic amines) is 3. The lowest BCUT2D eigenvalue weighted by molar-refractivity contribution is -0.0332. The number of amides is 1. The number of carbonyl (C=O) groups excluding carboxylic acids is 1. The second-order valence-electron chi connectivity index (χ2n) is 7.79. The van der Waals surface area contributed by atoms with Crippen molar-refractivity contribution in [3.8, 4) is 0 Å². The van der Waals surface area contributed by atoms with E-state index in [9.17, 15) is 9.90 Å². The van der Waals surface area contributed by atoms with Crippen LogP contribution in [0.25, 0.3) is 0 Å². The van der Waals surface area contributed by atoms with E-state index in [2.05, 4.69) is 9.80 Å². The molecule has 3 rings (SSSR count). The minimum Gasteiger partial charge on any atom is -0.450 e. The molecular weight excluding hydrogens is 318 g/mol. The Hall–Kier alpha value is -0.850. The van der Waals surface area contributed by atoms with Crippen LogP contribution in [0.15, 0.2) is 0 Å². The van der Waals surface area contributed by atoms with Crippen LogP contribution in [0.1, 0.15) is 51.9 Å². The van der Waals surface area contributed by atoms with Crippen molar-refractivity contribution in [1.82, 2.24) is 14.7 Å². The number of nitrogens with zero attached hydrogens (tertiary/aromatic N) is 3. The van der Waals surface area contributed by atoms with E-state index in [-0.39, 0.29) is 12.2 Å². The molecule has 3 saturated heterocycles. The second kappa shape index (κ2) is 9.19. The average Bonchev–Trinajstić information content (AvgIpc) is 2.91. The Labute approximate surface area is 152 Å². The van der Waals surface area contributed by atoms with Gasteiger partial charge in [-0.3, -0.25) is 9.80 Å². The van der Waals surface area contributed by atoms with E-state index in [1.165, 1.54) is 25.7 Å². The number of piperidine rings is 2. The molecule has 3 fully saturated rings. The number of hydrogen-bond donors (Lipinski definition) is 1. The molecule has 3 heterocycles. The van der Waals surface area contributed by atoms with Gasteiger partial charge in [0.15, 0.2) is 0 Å². The SMILES string of the molecule is CCOC(=O)N1CCC(N2CC[C@@H](N3CCCCCC3)[C@H](O)C2)CC1. The van der Waals surface area contributed by atoms with Crippen LogP contribution in [0.4, 0.5) is 4.79 Å². The Balaban J connectivity index is 1.46. The lowest BCUT2D eigenvalue weighted by atomic mass is 9.95. The molecule has 6 nitrogen and oxygen atoms in total. The van der Waals surface area contributed by atoms with E-state index in [0.717, 1.165) is 58.5 Å². The molecule has 0 bridgehead atoms. The predicted octanol–water partition coefficient (Wildman–Crippen LogP) is 1.92. The molecule has 0 saturated carbocycles. The molecule has 0 aromatic carbocycles. The maximum Gasteiger partial charge on any atom is 0.409 e. The highest BCUT2D eigenvalue weighted by Crippen LogP contribution is 2.25. The van der Waals surface area contributed by atoms with Gasteiger partial charge < -0.3 is 14.7 Å². The Morgan fingerprint density at radius 3 is 2.24 bits per heavy atom. The van der Waals surface area contributed by atoms with Gasteiger partial charge >= 0.3 is 6.09 Å². The number of aliphatic hydroxyl groups is 1. The predicted molar refractivity (Wildman–Crippen MR) is 97.6 cm³/mol. The van der Waals surface area contributed by atoms with Gasteiger partial charge in [-0.05, 0) is 52.1 Å². The molecule has 0 aromatic rings. The van der Waals surface area contributed by atoms with Gasteiger partial charge in [0.05, 0.1) is 12.7 Å².